The first kappa shape index (κ1) is 73.3. The van der Waals surface area contributed by atoms with Gasteiger partial charge in [0, 0.05) is 12.8 Å². The van der Waals surface area contributed by atoms with Gasteiger partial charge in [0.2, 0.25) is 5.91 Å². The summed E-state index contributed by atoms with van der Waals surface area (Å²) >= 11 is 0. The first-order chi connectivity index (χ1) is 37.0. The van der Waals surface area contributed by atoms with Crippen LogP contribution in [0.25, 0.3) is 0 Å². The molecule has 0 rings (SSSR count). The second-order valence-corrected chi connectivity index (χ2v) is 23.5. The van der Waals surface area contributed by atoms with Crippen molar-refractivity contribution in [3.05, 3.63) is 24.3 Å². The summed E-state index contributed by atoms with van der Waals surface area (Å²) < 4.78 is 5.49. The number of aliphatic hydroxyl groups excluding tert-OH is 2. The Balaban J connectivity index is 3.36. The van der Waals surface area contributed by atoms with Gasteiger partial charge in [-0.25, -0.2) is 0 Å². The summed E-state index contributed by atoms with van der Waals surface area (Å²) in [4.78, 5) is 24.6. The van der Waals surface area contributed by atoms with Crippen LogP contribution in [-0.2, 0) is 14.3 Å². The maximum absolute atomic E-state index is 12.5. The van der Waals surface area contributed by atoms with Crippen molar-refractivity contribution < 1.29 is 24.5 Å². The average molecular weight is 1060 g/mol. The van der Waals surface area contributed by atoms with Gasteiger partial charge in [0.05, 0.1) is 25.4 Å². The summed E-state index contributed by atoms with van der Waals surface area (Å²) in [6.07, 6.45) is 80.8. The molecule has 0 spiro atoms. The normalized spacial score (nSPS) is 12.6. The fourth-order valence-corrected chi connectivity index (χ4v) is 10.7. The molecular weight excluding hydrogens is 923 g/mol. The van der Waals surface area contributed by atoms with E-state index in [0.29, 0.717) is 25.9 Å². The Kier molecular flexibility index (Phi) is 63.4. The molecule has 0 aromatic carbocycles. The summed E-state index contributed by atoms with van der Waals surface area (Å²) in [5.41, 5.74) is 0. The van der Waals surface area contributed by atoms with Crippen molar-refractivity contribution in [2.45, 2.75) is 392 Å². The largest absolute Gasteiger partial charge is 0.466 e. The molecule has 0 aliphatic rings. The van der Waals surface area contributed by atoms with Crippen LogP contribution in [0.4, 0.5) is 0 Å². The zero-order chi connectivity index (χ0) is 54.3. The second kappa shape index (κ2) is 64.9. The molecule has 0 radical (unpaired) electrons. The van der Waals surface area contributed by atoms with Gasteiger partial charge < -0.3 is 20.3 Å². The van der Waals surface area contributed by atoms with E-state index in [2.05, 4.69) is 43.5 Å². The van der Waals surface area contributed by atoms with Gasteiger partial charge in [-0.3, -0.25) is 9.59 Å². The average Bonchev–Trinajstić information content (AvgIpc) is 3.41. The highest BCUT2D eigenvalue weighted by Gasteiger charge is 2.20. The van der Waals surface area contributed by atoms with Gasteiger partial charge in [0.1, 0.15) is 0 Å². The van der Waals surface area contributed by atoms with Crippen molar-refractivity contribution in [1.82, 2.24) is 5.32 Å². The Morgan fingerprint density at radius 2 is 0.627 bits per heavy atom. The third-order valence-electron chi connectivity index (χ3n) is 16.0. The molecular formula is C69H133NO5. The van der Waals surface area contributed by atoms with E-state index in [4.69, 9.17) is 4.74 Å². The highest BCUT2D eigenvalue weighted by molar-refractivity contribution is 5.76. The van der Waals surface area contributed by atoms with Gasteiger partial charge in [0.15, 0.2) is 0 Å². The van der Waals surface area contributed by atoms with Gasteiger partial charge >= 0.3 is 5.97 Å². The lowest BCUT2D eigenvalue weighted by Crippen LogP contribution is -2.45. The van der Waals surface area contributed by atoms with E-state index in [9.17, 15) is 19.8 Å². The van der Waals surface area contributed by atoms with E-state index >= 15 is 0 Å². The van der Waals surface area contributed by atoms with Gasteiger partial charge in [0.25, 0.3) is 0 Å². The van der Waals surface area contributed by atoms with Crippen LogP contribution in [0.1, 0.15) is 380 Å². The van der Waals surface area contributed by atoms with Crippen molar-refractivity contribution >= 4 is 11.9 Å². The fraction of sp³-hybridized carbons (Fsp3) is 0.913. The smallest absolute Gasteiger partial charge is 0.305 e. The number of nitrogens with one attached hydrogen (secondary N) is 1. The summed E-state index contributed by atoms with van der Waals surface area (Å²) in [6, 6.07) is -0.540. The number of allylic oxidation sites excluding steroid dienone is 4. The Morgan fingerprint density at radius 3 is 0.947 bits per heavy atom. The van der Waals surface area contributed by atoms with E-state index < -0.39 is 12.1 Å². The first-order valence-corrected chi connectivity index (χ1v) is 34.1. The summed E-state index contributed by atoms with van der Waals surface area (Å²) in [5, 5.41) is 23.3. The Bertz CT molecular complexity index is 1170. The maximum Gasteiger partial charge on any atom is 0.305 e. The lowest BCUT2D eigenvalue weighted by Gasteiger charge is -2.22. The molecule has 444 valence electrons. The number of unbranched alkanes of at least 4 members (excludes halogenated alkanes) is 49. The predicted molar refractivity (Wildman–Crippen MR) is 329 cm³/mol. The van der Waals surface area contributed by atoms with Gasteiger partial charge in [-0.1, -0.05) is 314 Å². The molecule has 6 nitrogen and oxygen atoms in total. The van der Waals surface area contributed by atoms with Crippen molar-refractivity contribution in [3.63, 3.8) is 0 Å². The molecule has 6 heteroatoms. The lowest BCUT2D eigenvalue weighted by molar-refractivity contribution is -0.143. The molecule has 0 saturated heterocycles. The fourth-order valence-electron chi connectivity index (χ4n) is 10.7. The molecule has 0 bridgehead atoms. The number of hydrogen-bond acceptors (Lipinski definition) is 5. The maximum atomic E-state index is 12.5. The molecule has 0 aromatic heterocycles. The highest BCUT2D eigenvalue weighted by Crippen LogP contribution is 2.18. The SMILES string of the molecule is CCCCCCCC/C=C\CCCCCCCC(=O)OCCCCCCCCCCCCCC/C=C\CCCCCCCCCCCCCCCC(=O)NC(CO)C(O)CCCCCCCCCCCCCCCC. The van der Waals surface area contributed by atoms with E-state index in [-0.39, 0.29) is 18.5 Å². The number of hydrogen-bond donors (Lipinski definition) is 3. The second-order valence-electron chi connectivity index (χ2n) is 23.5. The third-order valence-corrected chi connectivity index (χ3v) is 16.0. The molecule has 3 N–H and O–H groups in total. The van der Waals surface area contributed by atoms with Crippen LogP contribution in [0.3, 0.4) is 0 Å². The molecule has 0 aromatic rings. The molecule has 2 unspecified atom stereocenters. The molecule has 2 atom stereocenters. The molecule has 0 fully saturated rings. The topological polar surface area (TPSA) is 95.9 Å². The van der Waals surface area contributed by atoms with E-state index in [1.54, 1.807) is 0 Å². The predicted octanol–water partition coefficient (Wildman–Crippen LogP) is 21.8. The zero-order valence-corrected chi connectivity index (χ0v) is 50.8. The first-order valence-electron chi connectivity index (χ1n) is 34.1. The van der Waals surface area contributed by atoms with Crippen LogP contribution >= 0.6 is 0 Å². The summed E-state index contributed by atoms with van der Waals surface area (Å²) in [7, 11) is 0. The van der Waals surface area contributed by atoms with Crippen molar-refractivity contribution in [2.24, 2.45) is 0 Å². The number of rotatable bonds is 64. The van der Waals surface area contributed by atoms with Crippen LogP contribution in [0, 0.1) is 0 Å². The molecule has 0 aliphatic carbocycles. The quantitative estimate of drug-likeness (QED) is 0.0320. The van der Waals surface area contributed by atoms with Crippen molar-refractivity contribution in [3.8, 4) is 0 Å². The lowest BCUT2D eigenvalue weighted by atomic mass is 10.0. The number of amides is 1. The number of esters is 1. The number of carbonyl (C=O) groups excluding carboxylic acids is 2. The Morgan fingerprint density at radius 1 is 0.360 bits per heavy atom. The summed E-state index contributed by atoms with van der Waals surface area (Å²) in [6.45, 7) is 4.97. The Labute approximate surface area is 469 Å². The van der Waals surface area contributed by atoms with E-state index in [1.165, 1.54) is 302 Å². The molecule has 0 saturated carbocycles. The highest BCUT2D eigenvalue weighted by atomic mass is 16.5. The Hall–Kier alpha value is -1.66. The number of carbonyl (C=O) groups is 2. The van der Waals surface area contributed by atoms with Crippen LogP contribution in [0.2, 0.25) is 0 Å². The third kappa shape index (κ3) is 61.4. The van der Waals surface area contributed by atoms with Gasteiger partial charge in [-0.15, -0.1) is 0 Å². The van der Waals surface area contributed by atoms with Crippen LogP contribution in [-0.4, -0.2) is 47.4 Å². The van der Waals surface area contributed by atoms with Crippen molar-refractivity contribution in [1.29, 1.82) is 0 Å². The molecule has 0 heterocycles. The van der Waals surface area contributed by atoms with Crippen LogP contribution in [0.5, 0.6) is 0 Å². The minimum atomic E-state index is -0.663. The standard InChI is InChI=1S/C69H133NO5/c1-3-5-7-9-11-13-15-17-34-39-43-47-51-55-59-63-69(74)75-64-60-56-52-48-44-40-36-33-31-29-27-25-23-21-19-20-22-24-26-28-30-32-35-38-42-46-50-54-58-62-68(73)70-66(65-71)67(72)61-57-53-49-45-41-37-18-16-14-12-10-8-6-4-2/h17,19,21,34,66-67,71-72H,3-16,18,20,22-33,35-65H2,1-2H3,(H,70,73)/b21-19-,34-17-. The number of aliphatic hydroxyl groups is 2. The van der Waals surface area contributed by atoms with Gasteiger partial charge in [-0.05, 0) is 77.0 Å². The van der Waals surface area contributed by atoms with E-state index in [0.717, 1.165) is 44.9 Å². The molecule has 0 aliphatic heterocycles. The van der Waals surface area contributed by atoms with E-state index in [1.807, 2.05) is 0 Å². The minimum Gasteiger partial charge on any atom is -0.466 e. The minimum absolute atomic E-state index is 0.00908. The van der Waals surface area contributed by atoms with Gasteiger partial charge in [-0.2, -0.15) is 0 Å². The van der Waals surface area contributed by atoms with Crippen LogP contribution in [0.15, 0.2) is 24.3 Å². The number of ether oxygens (including phenoxy) is 1. The zero-order valence-electron chi connectivity index (χ0n) is 50.8. The molecule has 1 amide bonds. The molecule has 75 heavy (non-hydrogen) atoms. The van der Waals surface area contributed by atoms with Crippen LogP contribution < -0.4 is 5.32 Å². The monoisotopic (exact) mass is 1060 g/mol. The summed E-state index contributed by atoms with van der Waals surface area (Å²) in [5.74, 6) is -0.0229. The van der Waals surface area contributed by atoms with Crippen molar-refractivity contribution in [2.75, 3.05) is 13.2 Å².